The van der Waals surface area contributed by atoms with Crippen LogP contribution in [0.4, 0.5) is 10.1 Å². The Morgan fingerprint density at radius 3 is 2.39 bits per heavy atom. The first-order chi connectivity index (χ1) is 8.15. The molecule has 0 heterocycles. The molecule has 0 aliphatic carbocycles. The van der Waals surface area contributed by atoms with Gasteiger partial charge in [-0.2, -0.15) is 12.7 Å². The number of hydrogen-bond acceptors (Lipinski definition) is 3. The first kappa shape index (κ1) is 14.4. The molecule has 18 heavy (non-hydrogen) atoms. The Morgan fingerprint density at radius 1 is 1.39 bits per heavy atom. The molecular formula is C10H13FN2O4S. The second kappa shape index (κ2) is 4.91. The fourth-order valence-corrected chi connectivity index (χ4v) is 1.89. The predicted molar refractivity (Wildman–Crippen MR) is 64.3 cm³/mol. The van der Waals surface area contributed by atoms with Gasteiger partial charge in [-0.1, -0.05) is 0 Å². The van der Waals surface area contributed by atoms with Gasteiger partial charge in [0.05, 0.1) is 5.69 Å². The number of nitrogens with one attached hydrogen (secondary N) is 1. The lowest BCUT2D eigenvalue weighted by atomic mass is 10.1. The van der Waals surface area contributed by atoms with Crippen molar-refractivity contribution in [3.8, 4) is 0 Å². The average molecular weight is 276 g/mol. The number of halogens is 1. The van der Waals surface area contributed by atoms with E-state index in [1.807, 2.05) is 4.72 Å². The molecule has 1 aromatic carbocycles. The lowest BCUT2D eigenvalue weighted by Gasteiger charge is -2.15. The van der Waals surface area contributed by atoms with Crippen molar-refractivity contribution in [1.82, 2.24) is 4.31 Å². The van der Waals surface area contributed by atoms with Crippen LogP contribution in [0.1, 0.15) is 15.9 Å². The summed E-state index contributed by atoms with van der Waals surface area (Å²) in [7, 11) is -1.34. The maximum absolute atomic E-state index is 13.5. The van der Waals surface area contributed by atoms with Gasteiger partial charge in [-0.25, -0.2) is 9.18 Å². The summed E-state index contributed by atoms with van der Waals surface area (Å²) < 4.78 is 39.6. The van der Waals surface area contributed by atoms with Crippen LogP contribution < -0.4 is 4.72 Å². The van der Waals surface area contributed by atoms with Gasteiger partial charge in [-0.3, -0.25) is 4.72 Å². The normalized spacial score (nSPS) is 11.6. The fourth-order valence-electron chi connectivity index (χ4n) is 1.27. The molecule has 0 saturated heterocycles. The van der Waals surface area contributed by atoms with E-state index in [-0.39, 0.29) is 5.69 Å². The number of anilines is 1. The second-order valence-corrected chi connectivity index (χ2v) is 5.75. The SMILES string of the molecule is Cc1cc(F)c(C(=O)O)c(NS(=O)(=O)N(C)C)c1. The summed E-state index contributed by atoms with van der Waals surface area (Å²) in [4.78, 5) is 10.9. The Hall–Kier alpha value is -1.67. The molecule has 0 bridgehead atoms. The number of benzene rings is 1. The molecule has 1 rings (SSSR count). The number of hydrogen-bond donors (Lipinski definition) is 2. The molecule has 0 aromatic heterocycles. The minimum atomic E-state index is -3.89. The largest absolute Gasteiger partial charge is 0.478 e. The van der Waals surface area contributed by atoms with Crippen LogP contribution in [-0.4, -0.2) is 37.9 Å². The number of carboxylic acids is 1. The summed E-state index contributed by atoms with van der Waals surface area (Å²) in [6.07, 6.45) is 0. The van der Waals surface area contributed by atoms with Gasteiger partial charge in [0.15, 0.2) is 0 Å². The zero-order valence-corrected chi connectivity index (χ0v) is 10.9. The zero-order valence-electron chi connectivity index (χ0n) is 10.1. The molecule has 0 aliphatic rings. The summed E-state index contributed by atoms with van der Waals surface area (Å²) in [5, 5.41) is 8.88. The van der Waals surface area contributed by atoms with E-state index in [1.165, 1.54) is 27.1 Å². The van der Waals surface area contributed by atoms with Gasteiger partial charge in [0, 0.05) is 14.1 Å². The molecule has 0 amide bonds. The molecule has 0 atom stereocenters. The smallest absolute Gasteiger partial charge is 0.340 e. The Kier molecular flexibility index (Phi) is 3.92. The monoisotopic (exact) mass is 276 g/mol. The molecule has 6 nitrogen and oxygen atoms in total. The van der Waals surface area contributed by atoms with E-state index in [0.29, 0.717) is 5.56 Å². The fraction of sp³-hybridized carbons (Fsp3) is 0.300. The number of rotatable bonds is 4. The van der Waals surface area contributed by atoms with Crippen LogP contribution in [0.15, 0.2) is 12.1 Å². The Morgan fingerprint density at radius 2 is 1.94 bits per heavy atom. The van der Waals surface area contributed by atoms with E-state index in [0.717, 1.165) is 10.4 Å². The van der Waals surface area contributed by atoms with Crippen molar-refractivity contribution < 1.29 is 22.7 Å². The van der Waals surface area contributed by atoms with Gasteiger partial charge >= 0.3 is 16.2 Å². The molecule has 100 valence electrons. The van der Waals surface area contributed by atoms with E-state index in [4.69, 9.17) is 5.11 Å². The number of carbonyl (C=O) groups is 1. The van der Waals surface area contributed by atoms with Gasteiger partial charge in [-0.05, 0) is 24.6 Å². The summed E-state index contributed by atoms with van der Waals surface area (Å²) in [5.41, 5.74) is -0.589. The van der Waals surface area contributed by atoms with Crippen molar-refractivity contribution in [1.29, 1.82) is 0 Å². The molecule has 8 heteroatoms. The minimum Gasteiger partial charge on any atom is -0.478 e. The number of aryl methyl sites for hydroxylation is 1. The van der Waals surface area contributed by atoms with Crippen molar-refractivity contribution >= 4 is 21.9 Å². The predicted octanol–water partition coefficient (Wildman–Crippen LogP) is 1.05. The van der Waals surface area contributed by atoms with Crippen LogP contribution in [0.25, 0.3) is 0 Å². The Labute approximate surface area is 104 Å². The highest BCUT2D eigenvalue weighted by Crippen LogP contribution is 2.23. The van der Waals surface area contributed by atoms with Gasteiger partial charge < -0.3 is 5.11 Å². The van der Waals surface area contributed by atoms with Crippen LogP contribution in [-0.2, 0) is 10.2 Å². The second-order valence-electron chi connectivity index (χ2n) is 3.86. The van der Waals surface area contributed by atoms with E-state index < -0.39 is 27.6 Å². The van der Waals surface area contributed by atoms with Gasteiger partial charge in [0.25, 0.3) is 0 Å². The van der Waals surface area contributed by atoms with E-state index >= 15 is 0 Å². The van der Waals surface area contributed by atoms with Crippen molar-refractivity contribution in [3.63, 3.8) is 0 Å². The molecule has 0 fully saturated rings. The standard InChI is InChI=1S/C10H13FN2O4S/c1-6-4-7(11)9(10(14)15)8(5-6)12-18(16,17)13(2)3/h4-5,12H,1-3H3,(H,14,15). The molecule has 0 saturated carbocycles. The molecule has 1 aromatic rings. The number of aromatic carboxylic acids is 1. The summed E-state index contributed by atoms with van der Waals surface area (Å²) in [6.45, 7) is 1.53. The highest BCUT2D eigenvalue weighted by Gasteiger charge is 2.21. The van der Waals surface area contributed by atoms with Crippen molar-refractivity contribution in [2.75, 3.05) is 18.8 Å². The van der Waals surface area contributed by atoms with Crippen LogP contribution in [0, 0.1) is 12.7 Å². The first-order valence-corrected chi connectivity index (χ1v) is 6.33. The number of carboxylic acid groups (broad SMARTS) is 1. The topological polar surface area (TPSA) is 86.7 Å². The average Bonchev–Trinajstić information content (AvgIpc) is 2.13. The summed E-state index contributed by atoms with van der Waals surface area (Å²) in [5.74, 6) is -2.53. The van der Waals surface area contributed by atoms with Crippen molar-refractivity contribution in [2.45, 2.75) is 6.92 Å². The van der Waals surface area contributed by atoms with Crippen molar-refractivity contribution in [2.24, 2.45) is 0 Å². The van der Waals surface area contributed by atoms with Gasteiger partial charge in [0.2, 0.25) is 0 Å². The highest BCUT2D eigenvalue weighted by molar-refractivity contribution is 7.90. The Balaban J connectivity index is 3.37. The molecule has 0 spiro atoms. The third kappa shape index (κ3) is 2.96. The van der Waals surface area contributed by atoms with Crippen LogP contribution in [0.5, 0.6) is 0 Å². The first-order valence-electron chi connectivity index (χ1n) is 4.89. The van der Waals surface area contributed by atoms with E-state index in [1.54, 1.807) is 0 Å². The van der Waals surface area contributed by atoms with Crippen LogP contribution >= 0.6 is 0 Å². The minimum absolute atomic E-state index is 0.297. The third-order valence-corrected chi connectivity index (χ3v) is 3.61. The van der Waals surface area contributed by atoms with Crippen LogP contribution in [0.3, 0.4) is 0 Å². The maximum atomic E-state index is 13.5. The number of nitrogens with zero attached hydrogens (tertiary/aromatic N) is 1. The summed E-state index contributed by atoms with van der Waals surface area (Å²) >= 11 is 0. The van der Waals surface area contributed by atoms with Crippen molar-refractivity contribution in [3.05, 3.63) is 29.1 Å². The van der Waals surface area contributed by atoms with E-state index in [9.17, 15) is 17.6 Å². The molecule has 0 radical (unpaired) electrons. The van der Waals surface area contributed by atoms with Gasteiger partial charge in [-0.15, -0.1) is 0 Å². The molecule has 2 N–H and O–H groups in total. The Bertz CT molecular complexity index is 584. The lowest BCUT2D eigenvalue weighted by molar-refractivity contribution is 0.0693. The molecular weight excluding hydrogens is 263 g/mol. The third-order valence-electron chi connectivity index (χ3n) is 2.17. The van der Waals surface area contributed by atoms with Crippen LogP contribution in [0.2, 0.25) is 0 Å². The molecule has 0 unspecified atom stereocenters. The molecule has 0 aliphatic heterocycles. The zero-order chi connectivity index (χ0) is 14.1. The maximum Gasteiger partial charge on any atom is 0.340 e. The highest BCUT2D eigenvalue weighted by atomic mass is 32.2. The lowest BCUT2D eigenvalue weighted by Crippen LogP contribution is -2.29. The quantitative estimate of drug-likeness (QED) is 0.860. The van der Waals surface area contributed by atoms with E-state index in [2.05, 4.69) is 0 Å². The van der Waals surface area contributed by atoms with Gasteiger partial charge in [0.1, 0.15) is 11.4 Å². The summed E-state index contributed by atoms with van der Waals surface area (Å²) in [6, 6.07) is 2.28.